The van der Waals surface area contributed by atoms with Crippen LogP contribution in [0, 0.1) is 5.41 Å². The van der Waals surface area contributed by atoms with Crippen LogP contribution in [-0.2, 0) is 14.3 Å². The molecule has 1 aromatic rings. The highest BCUT2D eigenvalue weighted by Crippen LogP contribution is 2.38. The Balaban J connectivity index is 1.93. The standard InChI is InChI=1S/C22H33ClO4/c1-21(2,3)20(24)26-16-10-7-13-19(17-11-5-6-12-18(17)23)27-22(25)14-8-4-9-15-22/h5-6,11-12,19,25H,4,7-10,13-16H2,1-3H3. The summed E-state index contributed by atoms with van der Waals surface area (Å²) in [5.74, 6) is -1.25. The lowest BCUT2D eigenvalue weighted by atomic mass is 9.93. The van der Waals surface area contributed by atoms with Crippen molar-refractivity contribution in [3.63, 3.8) is 0 Å². The molecule has 1 aliphatic carbocycles. The minimum atomic E-state index is -1.07. The molecule has 0 saturated heterocycles. The fourth-order valence-corrected chi connectivity index (χ4v) is 3.57. The molecule has 1 fully saturated rings. The monoisotopic (exact) mass is 396 g/mol. The first-order chi connectivity index (χ1) is 12.7. The van der Waals surface area contributed by atoms with Crippen LogP contribution in [-0.4, -0.2) is 23.5 Å². The predicted molar refractivity (Wildman–Crippen MR) is 108 cm³/mol. The van der Waals surface area contributed by atoms with Gasteiger partial charge in [0, 0.05) is 17.9 Å². The normalized spacial score (nSPS) is 18.1. The summed E-state index contributed by atoms with van der Waals surface area (Å²) in [6.07, 6.45) is 6.46. The molecule has 0 aromatic heterocycles. The minimum Gasteiger partial charge on any atom is -0.465 e. The summed E-state index contributed by atoms with van der Waals surface area (Å²) in [6, 6.07) is 7.64. The van der Waals surface area contributed by atoms with Gasteiger partial charge in [-0.3, -0.25) is 4.79 Å². The average Bonchev–Trinajstić information content (AvgIpc) is 2.60. The third-order valence-corrected chi connectivity index (χ3v) is 5.30. The van der Waals surface area contributed by atoms with E-state index in [1.165, 1.54) is 0 Å². The summed E-state index contributed by atoms with van der Waals surface area (Å²) >= 11 is 6.38. The van der Waals surface area contributed by atoms with Crippen molar-refractivity contribution in [3.8, 4) is 0 Å². The van der Waals surface area contributed by atoms with Crippen LogP contribution in [0.4, 0.5) is 0 Å². The quantitative estimate of drug-likeness (QED) is 0.342. The number of esters is 1. The molecule has 1 atom stereocenters. The number of hydrogen-bond acceptors (Lipinski definition) is 4. The second-order valence-electron chi connectivity index (χ2n) is 8.52. The topological polar surface area (TPSA) is 55.8 Å². The molecule has 1 N–H and O–H groups in total. The molecule has 0 radical (unpaired) electrons. The van der Waals surface area contributed by atoms with Crippen molar-refractivity contribution in [2.24, 2.45) is 5.41 Å². The van der Waals surface area contributed by atoms with E-state index in [9.17, 15) is 9.90 Å². The zero-order chi connectivity index (χ0) is 19.9. The maximum absolute atomic E-state index is 11.8. The number of halogens is 1. The zero-order valence-electron chi connectivity index (χ0n) is 16.8. The summed E-state index contributed by atoms with van der Waals surface area (Å²) in [4.78, 5) is 11.8. The second kappa shape index (κ2) is 9.90. The summed E-state index contributed by atoms with van der Waals surface area (Å²) in [5, 5.41) is 11.5. The van der Waals surface area contributed by atoms with Gasteiger partial charge < -0.3 is 14.6 Å². The molecule has 1 unspecified atom stereocenters. The van der Waals surface area contributed by atoms with Crippen molar-refractivity contribution >= 4 is 17.6 Å². The lowest BCUT2D eigenvalue weighted by Crippen LogP contribution is -2.36. The van der Waals surface area contributed by atoms with Gasteiger partial charge in [0.25, 0.3) is 0 Å². The van der Waals surface area contributed by atoms with Crippen LogP contribution in [0.25, 0.3) is 0 Å². The molecule has 0 aliphatic heterocycles. The molecular weight excluding hydrogens is 364 g/mol. The highest BCUT2D eigenvalue weighted by molar-refractivity contribution is 6.31. The van der Waals surface area contributed by atoms with Gasteiger partial charge in [0.2, 0.25) is 0 Å². The minimum absolute atomic E-state index is 0.182. The van der Waals surface area contributed by atoms with Gasteiger partial charge in [-0.25, -0.2) is 0 Å². The molecule has 27 heavy (non-hydrogen) atoms. The first kappa shape index (κ1) is 22.2. The summed E-state index contributed by atoms with van der Waals surface area (Å²) in [6.45, 7) is 5.94. The van der Waals surface area contributed by atoms with Crippen molar-refractivity contribution in [2.45, 2.75) is 84.0 Å². The van der Waals surface area contributed by atoms with E-state index in [0.29, 0.717) is 24.5 Å². The molecule has 0 amide bonds. The van der Waals surface area contributed by atoms with Crippen LogP contribution < -0.4 is 0 Å². The Labute approximate surface area is 168 Å². The Bertz CT molecular complexity index is 603. The van der Waals surface area contributed by atoms with Gasteiger partial charge in [-0.05, 0) is 64.5 Å². The first-order valence-electron chi connectivity index (χ1n) is 10.0. The molecule has 0 spiro atoms. The van der Waals surface area contributed by atoms with E-state index in [1.807, 2.05) is 45.0 Å². The van der Waals surface area contributed by atoms with E-state index >= 15 is 0 Å². The third kappa shape index (κ3) is 7.10. The van der Waals surface area contributed by atoms with Crippen LogP contribution in [0.15, 0.2) is 24.3 Å². The summed E-state index contributed by atoms with van der Waals surface area (Å²) in [5.41, 5.74) is 0.429. The Hall–Kier alpha value is -1.10. The van der Waals surface area contributed by atoms with Crippen LogP contribution in [0.5, 0.6) is 0 Å². The van der Waals surface area contributed by atoms with E-state index < -0.39 is 11.2 Å². The van der Waals surface area contributed by atoms with Crippen LogP contribution in [0.2, 0.25) is 5.02 Å². The van der Waals surface area contributed by atoms with E-state index in [1.54, 1.807) is 0 Å². The number of rotatable bonds is 8. The van der Waals surface area contributed by atoms with Crippen molar-refractivity contribution in [3.05, 3.63) is 34.9 Å². The number of carbonyl (C=O) groups is 1. The Morgan fingerprint density at radius 1 is 1.19 bits per heavy atom. The van der Waals surface area contributed by atoms with Gasteiger partial charge in [0.05, 0.1) is 18.1 Å². The number of unbranched alkanes of at least 4 members (excludes halogenated alkanes) is 1. The van der Waals surface area contributed by atoms with Gasteiger partial charge in [0.15, 0.2) is 5.79 Å². The zero-order valence-corrected chi connectivity index (χ0v) is 17.6. The molecule has 4 nitrogen and oxygen atoms in total. The predicted octanol–water partition coefficient (Wildman–Crippen LogP) is 5.81. The summed E-state index contributed by atoms with van der Waals surface area (Å²) < 4.78 is 11.5. The van der Waals surface area contributed by atoms with E-state index in [0.717, 1.165) is 44.1 Å². The maximum atomic E-state index is 11.8. The van der Waals surface area contributed by atoms with Gasteiger partial charge in [-0.1, -0.05) is 36.2 Å². The number of aliphatic hydroxyl groups is 1. The number of carbonyl (C=O) groups excluding carboxylic acids is 1. The Morgan fingerprint density at radius 2 is 1.85 bits per heavy atom. The van der Waals surface area contributed by atoms with E-state index in [4.69, 9.17) is 21.1 Å². The van der Waals surface area contributed by atoms with E-state index in [-0.39, 0.29) is 12.1 Å². The maximum Gasteiger partial charge on any atom is 0.311 e. The number of ether oxygens (including phenoxy) is 2. The number of benzene rings is 1. The van der Waals surface area contributed by atoms with Gasteiger partial charge in [0.1, 0.15) is 0 Å². The van der Waals surface area contributed by atoms with Gasteiger partial charge >= 0.3 is 5.97 Å². The fraction of sp³-hybridized carbons (Fsp3) is 0.682. The SMILES string of the molecule is CC(C)(C)C(=O)OCCCCC(OC1(O)CCCCC1)c1ccccc1Cl. The average molecular weight is 397 g/mol. The fourth-order valence-electron chi connectivity index (χ4n) is 3.31. The van der Waals surface area contributed by atoms with E-state index in [2.05, 4.69) is 0 Å². The molecule has 0 bridgehead atoms. The Morgan fingerprint density at radius 3 is 2.48 bits per heavy atom. The summed E-state index contributed by atoms with van der Waals surface area (Å²) in [7, 11) is 0. The van der Waals surface area contributed by atoms with Gasteiger partial charge in [-0.15, -0.1) is 0 Å². The highest BCUT2D eigenvalue weighted by atomic mass is 35.5. The molecule has 152 valence electrons. The lowest BCUT2D eigenvalue weighted by molar-refractivity contribution is -0.248. The van der Waals surface area contributed by atoms with Crippen molar-refractivity contribution in [1.29, 1.82) is 0 Å². The van der Waals surface area contributed by atoms with Crippen LogP contribution in [0.3, 0.4) is 0 Å². The lowest BCUT2D eigenvalue weighted by Gasteiger charge is -2.36. The van der Waals surface area contributed by atoms with Gasteiger partial charge in [-0.2, -0.15) is 0 Å². The Kier molecular flexibility index (Phi) is 8.14. The molecular formula is C22H33ClO4. The van der Waals surface area contributed by atoms with Crippen LogP contribution in [0.1, 0.15) is 83.8 Å². The number of hydrogen-bond donors (Lipinski definition) is 1. The second-order valence-corrected chi connectivity index (χ2v) is 8.92. The largest absolute Gasteiger partial charge is 0.465 e. The van der Waals surface area contributed by atoms with Crippen molar-refractivity contribution < 1.29 is 19.4 Å². The molecule has 1 saturated carbocycles. The highest BCUT2D eigenvalue weighted by Gasteiger charge is 2.34. The first-order valence-corrected chi connectivity index (χ1v) is 10.4. The molecule has 2 rings (SSSR count). The molecule has 1 aromatic carbocycles. The van der Waals surface area contributed by atoms with Crippen molar-refractivity contribution in [2.75, 3.05) is 6.61 Å². The molecule has 0 heterocycles. The molecule has 5 heteroatoms. The molecule has 1 aliphatic rings. The smallest absolute Gasteiger partial charge is 0.311 e. The van der Waals surface area contributed by atoms with Crippen molar-refractivity contribution in [1.82, 2.24) is 0 Å². The van der Waals surface area contributed by atoms with Crippen LogP contribution >= 0.6 is 11.6 Å². The third-order valence-electron chi connectivity index (χ3n) is 4.95.